The molecule has 0 aliphatic carbocycles. The number of rotatable bonds is 62. The van der Waals surface area contributed by atoms with Crippen LogP contribution in [-0.2, 0) is 28.6 Å². The Balaban J connectivity index is 4.28. The molecule has 0 rings (SSSR count). The summed E-state index contributed by atoms with van der Waals surface area (Å²) in [6, 6.07) is 0. The van der Waals surface area contributed by atoms with Gasteiger partial charge in [0.15, 0.2) is 6.10 Å². The molecule has 0 aromatic carbocycles. The molecule has 0 saturated heterocycles. The fourth-order valence-electron chi connectivity index (χ4n) is 9.78. The maximum Gasteiger partial charge on any atom is 0.306 e. The summed E-state index contributed by atoms with van der Waals surface area (Å²) in [5, 5.41) is 0. The van der Waals surface area contributed by atoms with Crippen molar-refractivity contribution in [2.45, 2.75) is 341 Å². The number of allylic oxidation sites excluding steroid dienone is 16. The van der Waals surface area contributed by atoms with Gasteiger partial charge in [0, 0.05) is 19.3 Å². The number of hydrogen-bond acceptors (Lipinski definition) is 6. The third kappa shape index (κ3) is 65.1. The first-order valence-corrected chi connectivity index (χ1v) is 34.2. The van der Waals surface area contributed by atoms with Gasteiger partial charge in [-0.15, -0.1) is 0 Å². The Labute approximate surface area is 496 Å². The van der Waals surface area contributed by atoms with Crippen LogP contribution in [0.15, 0.2) is 97.2 Å². The lowest BCUT2D eigenvalue weighted by atomic mass is 10.0. The summed E-state index contributed by atoms with van der Waals surface area (Å²) in [5.74, 6) is -0.913. The van der Waals surface area contributed by atoms with Gasteiger partial charge in [0.05, 0.1) is 0 Å². The molecule has 0 bridgehead atoms. The molecule has 0 aromatic rings. The van der Waals surface area contributed by atoms with E-state index in [1.165, 1.54) is 186 Å². The molecule has 0 aromatic heterocycles. The van der Waals surface area contributed by atoms with Gasteiger partial charge in [-0.05, 0) is 96.3 Å². The predicted octanol–water partition coefficient (Wildman–Crippen LogP) is 23.6. The summed E-state index contributed by atoms with van der Waals surface area (Å²) in [7, 11) is 0. The highest BCUT2D eigenvalue weighted by molar-refractivity contribution is 5.71. The van der Waals surface area contributed by atoms with Crippen molar-refractivity contribution in [3.8, 4) is 0 Å². The second-order valence-corrected chi connectivity index (χ2v) is 22.7. The average Bonchev–Trinajstić information content (AvgIpc) is 3.46. The van der Waals surface area contributed by atoms with Crippen molar-refractivity contribution in [2.75, 3.05) is 13.2 Å². The minimum Gasteiger partial charge on any atom is -0.462 e. The van der Waals surface area contributed by atoms with E-state index in [0.29, 0.717) is 19.3 Å². The van der Waals surface area contributed by atoms with E-state index in [2.05, 4.69) is 118 Å². The highest BCUT2D eigenvalue weighted by atomic mass is 16.6. The summed E-state index contributed by atoms with van der Waals surface area (Å²) in [5.41, 5.74) is 0. The van der Waals surface area contributed by atoms with Gasteiger partial charge in [-0.2, -0.15) is 0 Å². The normalized spacial score (nSPS) is 12.7. The first kappa shape index (κ1) is 76.3. The maximum absolute atomic E-state index is 12.9. The Hall–Kier alpha value is -3.67. The molecule has 0 heterocycles. The monoisotopic (exact) mass is 1110 g/mol. The van der Waals surface area contributed by atoms with Gasteiger partial charge in [-0.3, -0.25) is 14.4 Å². The molecule has 6 heteroatoms. The molecule has 0 aliphatic heterocycles. The minimum atomic E-state index is -0.793. The molecule has 0 N–H and O–H groups in total. The second kappa shape index (κ2) is 67.8. The third-order valence-electron chi connectivity index (χ3n) is 14.8. The van der Waals surface area contributed by atoms with Crippen molar-refractivity contribution in [2.24, 2.45) is 0 Å². The van der Waals surface area contributed by atoms with Gasteiger partial charge < -0.3 is 14.2 Å². The number of carbonyl (C=O) groups excluding carboxylic acids is 3. The van der Waals surface area contributed by atoms with Gasteiger partial charge in [0.25, 0.3) is 0 Å². The molecule has 1 unspecified atom stereocenters. The fourth-order valence-corrected chi connectivity index (χ4v) is 9.78. The lowest BCUT2D eigenvalue weighted by molar-refractivity contribution is -0.167. The van der Waals surface area contributed by atoms with E-state index in [-0.39, 0.29) is 31.1 Å². The smallest absolute Gasteiger partial charge is 0.306 e. The van der Waals surface area contributed by atoms with Crippen LogP contribution in [0.4, 0.5) is 0 Å². The summed E-state index contributed by atoms with van der Waals surface area (Å²) in [4.78, 5) is 38.4. The lowest BCUT2D eigenvalue weighted by Gasteiger charge is -2.18. The quantitative estimate of drug-likeness (QED) is 0.0261. The predicted molar refractivity (Wildman–Crippen MR) is 348 cm³/mol. The van der Waals surface area contributed by atoms with Crippen LogP contribution in [0.25, 0.3) is 0 Å². The van der Waals surface area contributed by atoms with E-state index >= 15 is 0 Å². The highest BCUT2D eigenvalue weighted by Crippen LogP contribution is 2.18. The van der Waals surface area contributed by atoms with Crippen LogP contribution in [0.1, 0.15) is 335 Å². The molecule has 0 spiro atoms. The maximum atomic E-state index is 12.9. The zero-order chi connectivity index (χ0) is 57.8. The van der Waals surface area contributed by atoms with Gasteiger partial charge >= 0.3 is 17.9 Å². The number of hydrogen-bond donors (Lipinski definition) is 0. The van der Waals surface area contributed by atoms with Crippen LogP contribution in [-0.4, -0.2) is 37.2 Å². The van der Waals surface area contributed by atoms with Crippen molar-refractivity contribution in [1.82, 2.24) is 0 Å². The van der Waals surface area contributed by atoms with E-state index in [0.717, 1.165) is 109 Å². The van der Waals surface area contributed by atoms with E-state index in [4.69, 9.17) is 14.2 Å². The van der Waals surface area contributed by atoms with Crippen molar-refractivity contribution in [1.29, 1.82) is 0 Å². The summed E-state index contributed by atoms with van der Waals surface area (Å²) in [6.07, 6.45) is 91.5. The first-order chi connectivity index (χ1) is 39.5. The van der Waals surface area contributed by atoms with Crippen LogP contribution in [0.2, 0.25) is 0 Å². The Kier molecular flexibility index (Phi) is 64.7. The van der Waals surface area contributed by atoms with Crippen molar-refractivity contribution >= 4 is 17.9 Å². The molecule has 0 saturated carbocycles. The molecule has 80 heavy (non-hydrogen) atoms. The average molecular weight is 1110 g/mol. The van der Waals surface area contributed by atoms with E-state index in [1.54, 1.807) is 0 Å². The zero-order valence-electron chi connectivity index (χ0n) is 52.8. The van der Waals surface area contributed by atoms with E-state index < -0.39 is 6.10 Å². The zero-order valence-corrected chi connectivity index (χ0v) is 52.8. The number of esters is 3. The molecular formula is C74H128O6. The molecule has 0 aliphatic rings. The van der Waals surface area contributed by atoms with E-state index in [9.17, 15) is 14.4 Å². The van der Waals surface area contributed by atoms with Gasteiger partial charge in [0.2, 0.25) is 0 Å². The van der Waals surface area contributed by atoms with Crippen molar-refractivity contribution in [3.05, 3.63) is 97.2 Å². The largest absolute Gasteiger partial charge is 0.462 e. The molecule has 6 nitrogen and oxygen atoms in total. The molecule has 1 atom stereocenters. The van der Waals surface area contributed by atoms with Crippen LogP contribution >= 0.6 is 0 Å². The van der Waals surface area contributed by atoms with Gasteiger partial charge in [-0.1, -0.05) is 317 Å². The van der Waals surface area contributed by atoms with Crippen LogP contribution in [0, 0.1) is 0 Å². The van der Waals surface area contributed by atoms with Crippen LogP contribution in [0.5, 0.6) is 0 Å². The number of unbranched alkanes of at least 4 members (excludes halogenated alkanes) is 35. The topological polar surface area (TPSA) is 78.9 Å². The van der Waals surface area contributed by atoms with Gasteiger partial charge in [-0.25, -0.2) is 0 Å². The second-order valence-electron chi connectivity index (χ2n) is 22.7. The Morgan fingerprint density at radius 2 is 0.487 bits per heavy atom. The fraction of sp³-hybridized carbons (Fsp3) is 0.743. The third-order valence-corrected chi connectivity index (χ3v) is 14.8. The van der Waals surface area contributed by atoms with Crippen LogP contribution < -0.4 is 0 Å². The summed E-state index contributed by atoms with van der Waals surface area (Å²) in [6.45, 7) is 6.42. The van der Waals surface area contributed by atoms with Crippen molar-refractivity contribution in [3.63, 3.8) is 0 Å². The minimum absolute atomic E-state index is 0.0867. The van der Waals surface area contributed by atoms with Crippen molar-refractivity contribution < 1.29 is 28.6 Å². The highest BCUT2D eigenvalue weighted by Gasteiger charge is 2.19. The first-order valence-electron chi connectivity index (χ1n) is 34.2. The van der Waals surface area contributed by atoms with E-state index in [1.807, 2.05) is 0 Å². The molecule has 0 amide bonds. The Bertz CT molecular complexity index is 1560. The van der Waals surface area contributed by atoms with Gasteiger partial charge in [0.1, 0.15) is 13.2 Å². The number of carbonyl (C=O) groups is 3. The lowest BCUT2D eigenvalue weighted by Crippen LogP contribution is -2.30. The molecular weight excluding hydrogens is 985 g/mol. The number of ether oxygens (including phenoxy) is 3. The summed E-state index contributed by atoms with van der Waals surface area (Å²) < 4.78 is 16.9. The Morgan fingerprint density at radius 1 is 0.263 bits per heavy atom. The molecule has 0 fully saturated rings. The SMILES string of the molecule is CC/C=C\C/C=C\C/C=C\C/C=C\CCCCCCCCCCCCCCCCCCC(=O)OCC(COC(=O)CCCC/C=C\C/C=C\C/C=C\C/C=C\CC)OC(=O)CCCCCCCCCCCCCCCCCCCC. The molecule has 460 valence electrons. The standard InChI is InChI=1S/C74H128O6/c1-4-7-10-13-16-19-22-25-28-30-32-33-34-35-36-37-38-39-40-41-42-44-46-49-52-55-58-61-64-67-73(76)79-70-71(69-78-72(75)66-63-60-57-54-51-48-45-27-24-21-18-15-12-9-6-3)80-74(77)68-65-62-59-56-53-50-47-43-31-29-26-23-20-17-14-11-8-5-2/h7,9-10,12,16,18-19,21,25,27-28,32-33,45,51,54,71H,4-6,8,11,13-15,17,20,22-24,26,29-31,34-44,46-50,52-53,55-70H2,1-3H3/b10-7-,12-9-,19-16-,21-18-,28-25-,33-32-,45-27-,54-51-. The summed E-state index contributed by atoms with van der Waals surface area (Å²) >= 11 is 0. The molecule has 0 radical (unpaired) electrons. The van der Waals surface area contributed by atoms with Crippen LogP contribution in [0.3, 0.4) is 0 Å². The Morgan fingerprint density at radius 3 is 0.787 bits per heavy atom.